The van der Waals surface area contributed by atoms with E-state index in [0.717, 1.165) is 34.6 Å². The molecule has 1 aliphatic rings. The fourth-order valence-corrected chi connectivity index (χ4v) is 6.33. The molecule has 3 nitrogen and oxygen atoms in total. The highest BCUT2D eigenvalue weighted by Gasteiger charge is 2.27. The van der Waals surface area contributed by atoms with Gasteiger partial charge in [0.15, 0.2) is 11.6 Å². The lowest BCUT2D eigenvalue weighted by atomic mass is 9.78. The van der Waals surface area contributed by atoms with Crippen molar-refractivity contribution in [2.24, 2.45) is 11.8 Å². The van der Waals surface area contributed by atoms with Gasteiger partial charge in [-0.15, -0.1) is 0 Å². The molecule has 0 saturated carbocycles. The van der Waals surface area contributed by atoms with Gasteiger partial charge in [-0.2, -0.15) is 0 Å². The molecule has 5 aromatic carbocycles. The van der Waals surface area contributed by atoms with Gasteiger partial charge in [0.05, 0.1) is 0 Å². The van der Waals surface area contributed by atoms with Crippen LogP contribution in [0.25, 0.3) is 55.4 Å². The third-order valence-electron chi connectivity index (χ3n) is 8.68. The molecule has 204 valence electrons. The SMILES string of the molecule is CCC1C=CC=CC1C(C)c1nc(-c2ccc(-c3cccc4ccccc34)cc2)nc(-c2cccc3ccccc23)n1. The zero-order valence-corrected chi connectivity index (χ0v) is 24.0. The average Bonchev–Trinajstić information content (AvgIpc) is 3.07. The lowest BCUT2D eigenvalue weighted by Gasteiger charge is -2.28. The summed E-state index contributed by atoms with van der Waals surface area (Å²) in [5.74, 6) is 3.21. The highest BCUT2D eigenvalue weighted by molar-refractivity contribution is 5.97. The summed E-state index contributed by atoms with van der Waals surface area (Å²) in [6, 6.07) is 38.5. The van der Waals surface area contributed by atoms with Crippen molar-refractivity contribution in [1.82, 2.24) is 15.0 Å². The van der Waals surface area contributed by atoms with Crippen LogP contribution in [0.1, 0.15) is 32.0 Å². The van der Waals surface area contributed by atoms with Crippen LogP contribution in [-0.2, 0) is 0 Å². The topological polar surface area (TPSA) is 38.7 Å². The first-order valence-corrected chi connectivity index (χ1v) is 14.9. The summed E-state index contributed by atoms with van der Waals surface area (Å²) in [6.45, 7) is 4.51. The molecule has 0 radical (unpaired) electrons. The highest BCUT2D eigenvalue weighted by Crippen LogP contribution is 2.37. The maximum Gasteiger partial charge on any atom is 0.164 e. The first-order valence-electron chi connectivity index (χ1n) is 14.9. The molecule has 0 fully saturated rings. The fraction of sp³-hybridized carbons (Fsp3) is 0.154. The quantitative estimate of drug-likeness (QED) is 0.210. The third-order valence-corrected chi connectivity index (χ3v) is 8.68. The van der Waals surface area contributed by atoms with Gasteiger partial charge in [0.25, 0.3) is 0 Å². The number of fused-ring (bicyclic) bond motifs is 2. The van der Waals surface area contributed by atoms with E-state index in [1.54, 1.807) is 0 Å². The number of aromatic nitrogens is 3. The molecule has 42 heavy (non-hydrogen) atoms. The minimum atomic E-state index is 0.140. The van der Waals surface area contributed by atoms with Crippen molar-refractivity contribution in [3.05, 3.63) is 139 Å². The van der Waals surface area contributed by atoms with E-state index in [2.05, 4.69) is 147 Å². The maximum absolute atomic E-state index is 5.14. The molecular formula is C39H33N3. The number of allylic oxidation sites excluding steroid dienone is 4. The molecule has 0 N–H and O–H groups in total. The van der Waals surface area contributed by atoms with Crippen LogP contribution in [0, 0.1) is 11.8 Å². The number of hydrogen-bond donors (Lipinski definition) is 0. The van der Waals surface area contributed by atoms with E-state index in [-0.39, 0.29) is 5.92 Å². The molecule has 7 rings (SSSR count). The van der Waals surface area contributed by atoms with Crippen LogP contribution in [0.2, 0.25) is 0 Å². The lowest BCUT2D eigenvalue weighted by molar-refractivity contribution is 0.389. The van der Waals surface area contributed by atoms with Crippen molar-refractivity contribution >= 4 is 21.5 Å². The zero-order chi connectivity index (χ0) is 28.5. The van der Waals surface area contributed by atoms with E-state index in [9.17, 15) is 0 Å². The number of benzene rings is 5. The van der Waals surface area contributed by atoms with Gasteiger partial charge in [-0.05, 0) is 50.9 Å². The average molecular weight is 544 g/mol. The summed E-state index contributed by atoms with van der Waals surface area (Å²) in [6.07, 6.45) is 10.0. The zero-order valence-electron chi connectivity index (χ0n) is 24.0. The normalized spacial score (nSPS) is 17.1. The Bertz CT molecular complexity index is 1940. The van der Waals surface area contributed by atoms with E-state index in [4.69, 9.17) is 15.0 Å². The Kier molecular flexibility index (Phi) is 6.93. The van der Waals surface area contributed by atoms with E-state index in [1.807, 2.05) is 0 Å². The highest BCUT2D eigenvalue weighted by atomic mass is 15.0. The van der Waals surface area contributed by atoms with Crippen LogP contribution in [-0.4, -0.2) is 15.0 Å². The van der Waals surface area contributed by atoms with Gasteiger partial charge in [0.2, 0.25) is 0 Å². The van der Waals surface area contributed by atoms with Crippen molar-refractivity contribution in [3.63, 3.8) is 0 Å². The minimum Gasteiger partial charge on any atom is -0.213 e. The van der Waals surface area contributed by atoms with E-state index in [0.29, 0.717) is 17.7 Å². The summed E-state index contributed by atoms with van der Waals surface area (Å²) in [4.78, 5) is 15.4. The van der Waals surface area contributed by atoms with Crippen LogP contribution in [0.3, 0.4) is 0 Å². The van der Waals surface area contributed by atoms with Crippen molar-refractivity contribution in [1.29, 1.82) is 0 Å². The molecule has 0 saturated heterocycles. The van der Waals surface area contributed by atoms with E-state index < -0.39 is 0 Å². The van der Waals surface area contributed by atoms with Crippen molar-refractivity contribution < 1.29 is 0 Å². The van der Waals surface area contributed by atoms with Gasteiger partial charge in [-0.3, -0.25) is 0 Å². The molecule has 1 aromatic heterocycles. The van der Waals surface area contributed by atoms with Gasteiger partial charge in [-0.25, -0.2) is 15.0 Å². The fourth-order valence-electron chi connectivity index (χ4n) is 6.33. The third kappa shape index (κ3) is 4.81. The predicted octanol–water partition coefficient (Wildman–Crippen LogP) is 10.1. The molecule has 0 spiro atoms. The maximum atomic E-state index is 5.14. The van der Waals surface area contributed by atoms with Gasteiger partial charge in [0.1, 0.15) is 5.82 Å². The number of hydrogen-bond acceptors (Lipinski definition) is 3. The summed E-state index contributed by atoms with van der Waals surface area (Å²) in [5, 5.41) is 4.82. The van der Waals surface area contributed by atoms with Gasteiger partial charge in [-0.1, -0.05) is 147 Å². The summed E-state index contributed by atoms with van der Waals surface area (Å²) >= 11 is 0. The first-order chi connectivity index (χ1) is 20.7. The Morgan fingerprint density at radius 3 is 1.86 bits per heavy atom. The van der Waals surface area contributed by atoms with Crippen molar-refractivity contribution in [2.75, 3.05) is 0 Å². The molecular weight excluding hydrogens is 510 g/mol. The first kappa shape index (κ1) is 26.0. The second-order valence-corrected chi connectivity index (χ2v) is 11.2. The molecule has 0 bridgehead atoms. The standard InChI is InChI=1S/C39H33N3/c1-3-27-12-4-7-17-32(27)26(2)37-40-38(42-39(41-37)36-21-11-16-29-14-6-9-19-35(29)36)31-24-22-30(23-25-31)34-20-10-15-28-13-5-8-18-33(28)34/h4-27,32H,3H2,1-2H3. The Labute approximate surface area is 247 Å². The van der Waals surface area contributed by atoms with E-state index >= 15 is 0 Å². The van der Waals surface area contributed by atoms with Gasteiger partial charge < -0.3 is 0 Å². The van der Waals surface area contributed by atoms with Crippen LogP contribution in [0.4, 0.5) is 0 Å². The molecule has 3 heteroatoms. The largest absolute Gasteiger partial charge is 0.213 e. The van der Waals surface area contributed by atoms with Crippen LogP contribution >= 0.6 is 0 Å². The summed E-state index contributed by atoms with van der Waals surface area (Å²) < 4.78 is 0. The monoisotopic (exact) mass is 543 g/mol. The predicted molar refractivity (Wildman–Crippen MR) is 175 cm³/mol. The molecule has 1 heterocycles. The minimum absolute atomic E-state index is 0.140. The van der Waals surface area contributed by atoms with Crippen LogP contribution < -0.4 is 0 Å². The van der Waals surface area contributed by atoms with Crippen molar-refractivity contribution in [3.8, 4) is 33.9 Å². The van der Waals surface area contributed by atoms with Crippen LogP contribution in [0.15, 0.2) is 133 Å². The molecule has 0 aliphatic heterocycles. The lowest BCUT2D eigenvalue weighted by Crippen LogP contribution is -2.21. The smallest absolute Gasteiger partial charge is 0.164 e. The van der Waals surface area contributed by atoms with Crippen LogP contribution in [0.5, 0.6) is 0 Å². The number of rotatable bonds is 6. The Balaban J connectivity index is 1.35. The Hall–Kier alpha value is -4.89. The van der Waals surface area contributed by atoms with Gasteiger partial charge in [0, 0.05) is 17.0 Å². The Morgan fingerprint density at radius 1 is 0.571 bits per heavy atom. The molecule has 3 atom stereocenters. The summed E-state index contributed by atoms with van der Waals surface area (Å²) in [7, 11) is 0. The second kappa shape index (κ2) is 11.2. The van der Waals surface area contributed by atoms with Gasteiger partial charge >= 0.3 is 0 Å². The molecule has 0 amide bonds. The molecule has 3 unspecified atom stereocenters. The number of nitrogens with zero attached hydrogens (tertiary/aromatic N) is 3. The Morgan fingerprint density at radius 2 is 1.14 bits per heavy atom. The molecule has 1 aliphatic carbocycles. The van der Waals surface area contributed by atoms with E-state index in [1.165, 1.54) is 27.3 Å². The second-order valence-electron chi connectivity index (χ2n) is 11.2. The summed E-state index contributed by atoms with van der Waals surface area (Å²) in [5.41, 5.74) is 4.42. The molecule has 6 aromatic rings. The van der Waals surface area contributed by atoms with Crippen molar-refractivity contribution in [2.45, 2.75) is 26.2 Å².